The summed E-state index contributed by atoms with van der Waals surface area (Å²) in [5.41, 5.74) is 1.26. The van der Waals surface area contributed by atoms with Gasteiger partial charge in [-0.1, -0.05) is 31.5 Å². The maximum Gasteiger partial charge on any atom is 0.296 e. The first-order chi connectivity index (χ1) is 14.3. The Morgan fingerprint density at radius 3 is 2.83 bits per heavy atom. The largest absolute Gasteiger partial charge is 0.494 e. The topological polar surface area (TPSA) is 55.0 Å². The zero-order valence-electron chi connectivity index (χ0n) is 18.7. The van der Waals surface area contributed by atoms with Crippen molar-refractivity contribution in [3.05, 3.63) is 29.5 Å². The average molecular weight is 429 g/mol. The van der Waals surface area contributed by atoms with Gasteiger partial charge in [-0.25, -0.2) is 0 Å². The summed E-state index contributed by atoms with van der Waals surface area (Å²) in [6, 6.07) is 6.02. The molecule has 0 bridgehead atoms. The van der Waals surface area contributed by atoms with E-state index in [1.165, 1.54) is 19.3 Å². The summed E-state index contributed by atoms with van der Waals surface area (Å²) in [4.78, 5) is 20.7. The molecule has 2 unspecified atom stereocenters. The number of carbonyl (C=O) groups excluding carboxylic acids is 1. The summed E-state index contributed by atoms with van der Waals surface area (Å²) < 4.78 is 11.7. The molecular formula is C24H32N2O3S. The molecule has 2 atom stereocenters. The lowest BCUT2D eigenvalue weighted by Crippen LogP contribution is -2.47. The van der Waals surface area contributed by atoms with E-state index in [1.54, 1.807) is 11.8 Å². The van der Waals surface area contributed by atoms with Crippen molar-refractivity contribution < 1.29 is 13.9 Å². The van der Waals surface area contributed by atoms with E-state index in [0.29, 0.717) is 29.9 Å². The summed E-state index contributed by atoms with van der Waals surface area (Å²) in [7, 11) is 0. The van der Waals surface area contributed by atoms with Gasteiger partial charge >= 0.3 is 0 Å². The first-order valence-electron chi connectivity index (χ1n) is 11.0. The van der Waals surface area contributed by atoms with Crippen LogP contribution in [0.3, 0.4) is 0 Å². The molecule has 2 heterocycles. The summed E-state index contributed by atoms with van der Waals surface area (Å²) in [6.45, 7) is 11.0. The van der Waals surface area contributed by atoms with Gasteiger partial charge in [-0.15, -0.1) is 0 Å². The molecule has 1 aromatic heterocycles. The quantitative estimate of drug-likeness (QED) is 0.595. The summed E-state index contributed by atoms with van der Waals surface area (Å²) in [5.74, 6) is 2.50. The molecule has 2 fully saturated rings. The highest BCUT2D eigenvalue weighted by Gasteiger charge is 2.44. The highest BCUT2D eigenvalue weighted by Crippen LogP contribution is 2.38. The predicted octanol–water partition coefficient (Wildman–Crippen LogP) is 6.04. The molecule has 5 nitrogen and oxygen atoms in total. The second kappa shape index (κ2) is 8.29. The van der Waals surface area contributed by atoms with Crippen molar-refractivity contribution in [2.45, 2.75) is 71.9 Å². The number of hydrogen-bond donors (Lipinski definition) is 0. The van der Waals surface area contributed by atoms with Crippen molar-refractivity contribution in [1.29, 1.82) is 0 Å². The van der Waals surface area contributed by atoms with Crippen LogP contribution in [0.2, 0.25) is 0 Å². The number of benzene rings is 1. The van der Waals surface area contributed by atoms with Crippen LogP contribution in [0.1, 0.15) is 69.5 Å². The molecular weight excluding hydrogens is 396 g/mol. The lowest BCUT2D eigenvalue weighted by Gasteiger charge is -2.31. The standard InChI is InChI=1S/C24H32N2O3S/c1-6-28-17-11-12-20-18(13-17)16(3)21(29-20)22(27)26-23(30-14-24(26,4)5)25-19-10-8-7-9-15(19)2/h11-13,15,19H,6-10,14H2,1-5H3. The third-order valence-corrected chi connectivity index (χ3v) is 7.71. The number of aryl methyl sites for hydroxylation is 1. The van der Waals surface area contributed by atoms with Crippen LogP contribution < -0.4 is 4.74 Å². The van der Waals surface area contributed by atoms with Crippen LogP contribution in [-0.2, 0) is 0 Å². The van der Waals surface area contributed by atoms with Gasteiger partial charge < -0.3 is 9.15 Å². The van der Waals surface area contributed by atoms with Gasteiger partial charge in [0.15, 0.2) is 10.9 Å². The minimum Gasteiger partial charge on any atom is -0.494 e. The SMILES string of the molecule is CCOc1ccc2oc(C(=O)N3C(=NC4CCCCC4C)SCC3(C)C)c(C)c2c1. The minimum absolute atomic E-state index is 0.0983. The van der Waals surface area contributed by atoms with Gasteiger partial charge in [0.05, 0.1) is 18.2 Å². The van der Waals surface area contributed by atoms with Crippen LogP contribution in [0.4, 0.5) is 0 Å². The number of fused-ring (bicyclic) bond motifs is 1. The second-order valence-electron chi connectivity index (χ2n) is 9.13. The molecule has 1 saturated heterocycles. The zero-order valence-corrected chi connectivity index (χ0v) is 19.5. The van der Waals surface area contributed by atoms with Crippen molar-refractivity contribution in [2.75, 3.05) is 12.4 Å². The third kappa shape index (κ3) is 3.86. The van der Waals surface area contributed by atoms with E-state index in [0.717, 1.165) is 34.0 Å². The smallest absolute Gasteiger partial charge is 0.296 e. The molecule has 6 heteroatoms. The van der Waals surface area contributed by atoms with Gasteiger partial charge in [-0.2, -0.15) is 0 Å². The van der Waals surface area contributed by atoms with E-state index in [1.807, 2.05) is 36.9 Å². The zero-order chi connectivity index (χ0) is 21.5. The normalized spacial score (nSPS) is 25.2. The lowest BCUT2D eigenvalue weighted by molar-refractivity contribution is 0.0735. The molecule has 0 radical (unpaired) electrons. The molecule has 1 saturated carbocycles. The van der Waals surface area contributed by atoms with Crippen LogP contribution in [0.15, 0.2) is 27.6 Å². The average Bonchev–Trinajstić information content (AvgIpc) is 3.19. The summed E-state index contributed by atoms with van der Waals surface area (Å²) in [5, 5.41) is 1.77. The van der Waals surface area contributed by atoms with Crippen LogP contribution >= 0.6 is 11.8 Å². The fraction of sp³-hybridized carbons (Fsp3) is 0.583. The molecule has 4 rings (SSSR count). The van der Waals surface area contributed by atoms with Gasteiger partial charge in [-0.05, 0) is 64.7 Å². The Bertz CT molecular complexity index is 978. The van der Waals surface area contributed by atoms with Crippen molar-refractivity contribution in [3.8, 4) is 5.75 Å². The highest BCUT2D eigenvalue weighted by molar-refractivity contribution is 8.14. The van der Waals surface area contributed by atoms with Gasteiger partial charge in [0, 0.05) is 16.7 Å². The maximum atomic E-state index is 13.7. The molecule has 0 N–H and O–H groups in total. The Balaban J connectivity index is 1.70. The number of carbonyl (C=O) groups is 1. The summed E-state index contributed by atoms with van der Waals surface area (Å²) >= 11 is 1.69. The van der Waals surface area contributed by atoms with Crippen molar-refractivity contribution >= 4 is 33.8 Å². The molecule has 1 amide bonds. The Morgan fingerprint density at radius 2 is 2.10 bits per heavy atom. The summed E-state index contributed by atoms with van der Waals surface area (Å²) in [6.07, 6.45) is 4.83. The van der Waals surface area contributed by atoms with E-state index < -0.39 is 0 Å². The number of rotatable bonds is 4. The Kier molecular flexibility index (Phi) is 5.88. The highest BCUT2D eigenvalue weighted by atomic mass is 32.2. The number of hydrogen-bond acceptors (Lipinski definition) is 5. The molecule has 30 heavy (non-hydrogen) atoms. The number of amides is 1. The van der Waals surface area contributed by atoms with Gasteiger partial charge in [0.1, 0.15) is 11.3 Å². The van der Waals surface area contributed by atoms with E-state index in [2.05, 4.69) is 20.8 Å². The number of nitrogens with zero attached hydrogens (tertiary/aromatic N) is 2. The number of amidine groups is 1. The Hall–Kier alpha value is -1.95. The lowest BCUT2D eigenvalue weighted by atomic mass is 9.86. The van der Waals surface area contributed by atoms with Crippen LogP contribution in [-0.4, -0.2) is 39.9 Å². The van der Waals surface area contributed by atoms with Gasteiger partial charge in [0.25, 0.3) is 5.91 Å². The first-order valence-corrected chi connectivity index (χ1v) is 12.0. The molecule has 162 valence electrons. The predicted molar refractivity (Wildman–Crippen MR) is 124 cm³/mol. The Labute approximate surface area is 183 Å². The maximum absolute atomic E-state index is 13.7. The molecule has 2 aliphatic rings. The second-order valence-corrected chi connectivity index (χ2v) is 10.1. The van der Waals surface area contributed by atoms with Gasteiger partial charge in [-0.3, -0.25) is 14.7 Å². The first kappa shape index (κ1) is 21.3. The van der Waals surface area contributed by atoms with Crippen molar-refractivity contribution in [3.63, 3.8) is 0 Å². The Morgan fingerprint density at radius 1 is 1.33 bits per heavy atom. The monoisotopic (exact) mass is 428 g/mol. The van der Waals surface area contributed by atoms with E-state index >= 15 is 0 Å². The number of ether oxygens (including phenoxy) is 1. The number of furan rings is 1. The molecule has 0 spiro atoms. The van der Waals surface area contributed by atoms with Crippen LogP contribution in [0.25, 0.3) is 11.0 Å². The van der Waals surface area contributed by atoms with Crippen LogP contribution in [0.5, 0.6) is 5.75 Å². The number of thioether (sulfide) groups is 1. The van der Waals surface area contributed by atoms with E-state index in [4.69, 9.17) is 14.1 Å². The fourth-order valence-electron chi connectivity index (χ4n) is 4.48. The minimum atomic E-state index is -0.305. The third-order valence-electron chi connectivity index (χ3n) is 6.31. The van der Waals surface area contributed by atoms with E-state index in [-0.39, 0.29) is 11.4 Å². The van der Waals surface area contributed by atoms with Crippen molar-refractivity contribution in [1.82, 2.24) is 4.90 Å². The number of aliphatic imine (C=N–C) groups is 1. The van der Waals surface area contributed by atoms with Crippen LogP contribution in [0, 0.1) is 12.8 Å². The molecule has 2 aromatic rings. The molecule has 1 aliphatic heterocycles. The van der Waals surface area contributed by atoms with E-state index in [9.17, 15) is 4.79 Å². The molecule has 1 aromatic carbocycles. The van der Waals surface area contributed by atoms with Crippen molar-refractivity contribution in [2.24, 2.45) is 10.9 Å². The molecule has 1 aliphatic carbocycles. The fourth-order valence-corrected chi connectivity index (χ4v) is 5.76. The van der Waals surface area contributed by atoms with Gasteiger partial charge in [0.2, 0.25) is 0 Å².